The fourth-order valence-corrected chi connectivity index (χ4v) is 2.58. The number of thiol groups is 1. The monoisotopic (exact) mass is 394 g/mol. The van der Waals surface area contributed by atoms with Crippen LogP contribution in [0.25, 0.3) is 0 Å². The molecule has 0 saturated carbocycles. The molecule has 0 amide bonds. The maximum absolute atomic E-state index is 11.4. The summed E-state index contributed by atoms with van der Waals surface area (Å²) in [5.74, 6) is 0.491. The van der Waals surface area contributed by atoms with Gasteiger partial charge in [-0.1, -0.05) is 11.6 Å². The van der Waals surface area contributed by atoms with Gasteiger partial charge in [0.1, 0.15) is 6.79 Å². The van der Waals surface area contributed by atoms with E-state index < -0.39 is 0 Å². The van der Waals surface area contributed by atoms with Crippen molar-refractivity contribution in [3.05, 3.63) is 47.0 Å². The number of halogens is 1. The van der Waals surface area contributed by atoms with Crippen molar-refractivity contribution in [2.75, 3.05) is 44.3 Å². The van der Waals surface area contributed by atoms with Crippen molar-refractivity contribution in [2.45, 2.75) is 6.92 Å². The average molecular weight is 395 g/mol. The quantitative estimate of drug-likeness (QED) is 0.300. The Hall–Kier alpha value is -1.60. The SMILES string of the molecule is Cc1cc(N(C)CCOCOCCS)ccc1N=C1C=CC(=O)C(Cl)=C1. The van der Waals surface area contributed by atoms with Gasteiger partial charge in [0.25, 0.3) is 0 Å². The molecule has 0 heterocycles. The standard InChI is InChI=1S/C19H23ClN2O3S/c1-14-11-16(22(2)7-8-24-13-25-9-10-26)4-5-18(14)21-15-3-6-19(23)17(20)12-15/h3-6,11-12,26H,7-10,13H2,1-2H3. The van der Waals surface area contributed by atoms with Crippen LogP contribution in [0.4, 0.5) is 11.4 Å². The number of hydrogen-bond acceptors (Lipinski definition) is 6. The van der Waals surface area contributed by atoms with E-state index >= 15 is 0 Å². The Morgan fingerprint density at radius 3 is 2.69 bits per heavy atom. The summed E-state index contributed by atoms with van der Waals surface area (Å²) in [5.41, 5.74) is 3.62. The normalized spacial score (nSPS) is 15.5. The number of benzene rings is 1. The number of carbonyl (C=O) groups is 1. The maximum Gasteiger partial charge on any atom is 0.197 e. The summed E-state index contributed by atoms with van der Waals surface area (Å²) in [7, 11) is 2.01. The van der Waals surface area contributed by atoms with E-state index in [0.29, 0.717) is 24.7 Å². The minimum atomic E-state index is -0.197. The largest absolute Gasteiger partial charge is 0.372 e. The Balaban J connectivity index is 1.94. The molecule has 0 bridgehead atoms. The Kier molecular flexibility index (Phi) is 8.38. The lowest BCUT2D eigenvalue weighted by molar-refractivity contribution is -0.110. The van der Waals surface area contributed by atoms with E-state index in [-0.39, 0.29) is 17.6 Å². The molecule has 2 rings (SSSR count). The van der Waals surface area contributed by atoms with E-state index in [9.17, 15) is 4.79 Å². The van der Waals surface area contributed by atoms with Crippen LogP contribution < -0.4 is 4.90 Å². The molecule has 0 N–H and O–H groups in total. The van der Waals surface area contributed by atoms with Crippen molar-refractivity contribution >= 4 is 47.1 Å². The Morgan fingerprint density at radius 1 is 1.23 bits per heavy atom. The van der Waals surface area contributed by atoms with E-state index in [0.717, 1.165) is 23.5 Å². The van der Waals surface area contributed by atoms with Crippen LogP contribution in [0.1, 0.15) is 5.56 Å². The molecule has 0 atom stereocenters. The zero-order valence-electron chi connectivity index (χ0n) is 14.9. The molecule has 26 heavy (non-hydrogen) atoms. The van der Waals surface area contributed by atoms with Gasteiger partial charge >= 0.3 is 0 Å². The number of hydrogen-bond donors (Lipinski definition) is 1. The first-order chi connectivity index (χ1) is 12.5. The van der Waals surface area contributed by atoms with E-state index in [4.69, 9.17) is 21.1 Å². The molecular weight excluding hydrogens is 372 g/mol. The highest BCUT2D eigenvalue weighted by molar-refractivity contribution is 7.80. The summed E-state index contributed by atoms with van der Waals surface area (Å²) in [6.07, 6.45) is 4.68. The van der Waals surface area contributed by atoms with Crippen molar-refractivity contribution in [1.29, 1.82) is 0 Å². The van der Waals surface area contributed by atoms with Gasteiger partial charge in [-0.05, 0) is 48.9 Å². The lowest BCUT2D eigenvalue weighted by Crippen LogP contribution is -2.23. The first kappa shape index (κ1) is 20.7. The molecule has 0 spiro atoms. The van der Waals surface area contributed by atoms with Gasteiger partial charge < -0.3 is 14.4 Å². The molecule has 7 heteroatoms. The molecular formula is C19H23ClN2O3S. The van der Waals surface area contributed by atoms with Crippen molar-refractivity contribution in [3.63, 3.8) is 0 Å². The van der Waals surface area contributed by atoms with Crippen LogP contribution in [-0.4, -0.2) is 50.8 Å². The number of aryl methyl sites for hydroxylation is 1. The third kappa shape index (κ3) is 6.29. The summed E-state index contributed by atoms with van der Waals surface area (Å²) in [5, 5.41) is 0.179. The van der Waals surface area contributed by atoms with Crippen molar-refractivity contribution < 1.29 is 14.3 Å². The summed E-state index contributed by atoms with van der Waals surface area (Å²) < 4.78 is 10.6. The van der Waals surface area contributed by atoms with Crippen LogP contribution in [-0.2, 0) is 14.3 Å². The number of ether oxygens (including phenoxy) is 2. The van der Waals surface area contributed by atoms with Crippen molar-refractivity contribution in [2.24, 2.45) is 4.99 Å². The second kappa shape index (κ2) is 10.5. The van der Waals surface area contributed by atoms with Crippen LogP contribution in [0.3, 0.4) is 0 Å². The molecule has 140 valence electrons. The van der Waals surface area contributed by atoms with Crippen molar-refractivity contribution in [3.8, 4) is 0 Å². The average Bonchev–Trinajstić information content (AvgIpc) is 2.62. The third-order valence-electron chi connectivity index (χ3n) is 3.76. The minimum absolute atomic E-state index is 0.179. The van der Waals surface area contributed by atoms with E-state index in [1.54, 1.807) is 12.2 Å². The maximum atomic E-state index is 11.4. The second-order valence-electron chi connectivity index (χ2n) is 5.78. The molecule has 0 aromatic heterocycles. The first-order valence-electron chi connectivity index (χ1n) is 8.27. The third-order valence-corrected chi connectivity index (χ3v) is 4.24. The first-order valence-corrected chi connectivity index (χ1v) is 9.28. The lowest BCUT2D eigenvalue weighted by Gasteiger charge is -2.20. The summed E-state index contributed by atoms with van der Waals surface area (Å²) in [4.78, 5) is 18.0. The topological polar surface area (TPSA) is 51.1 Å². The molecule has 0 saturated heterocycles. The fraction of sp³-hybridized carbons (Fsp3) is 0.368. The second-order valence-corrected chi connectivity index (χ2v) is 6.63. The van der Waals surface area contributed by atoms with Gasteiger partial charge in [-0.15, -0.1) is 0 Å². The van der Waals surface area contributed by atoms with Gasteiger partial charge in [0.15, 0.2) is 5.78 Å². The number of rotatable bonds is 9. The van der Waals surface area contributed by atoms with Crippen LogP contribution in [0.2, 0.25) is 0 Å². The molecule has 5 nitrogen and oxygen atoms in total. The Labute approximate surface area is 164 Å². The molecule has 0 radical (unpaired) electrons. The van der Waals surface area contributed by atoms with Crippen molar-refractivity contribution in [1.82, 2.24) is 0 Å². The lowest BCUT2D eigenvalue weighted by atomic mass is 10.1. The number of allylic oxidation sites excluding steroid dienone is 4. The smallest absolute Gasteiger partial charge is 0.197 e. The van der Waals surface area contributed by atoms with E-state index in [2.05, 4.69) is 28.6 Å². The highest BCUT2D eigenvalue weighted by Gasteiger charge is 2.10. The molecule has 1 aliphatic carbocycles. The van der Waals surface area contributed by atoms with E-state index in [1.165, 1.54) is 6.08 Å². The number of ketones is 1. The molecule has 1 aliphatic rings. The molecule has 0 fully saturated rings. The van der Waals surface area contributed by atoms with E-state index in [1.807, 2.05) is 26.1 Å². The van der Waals surface area contributed by atoms with Gasteiger partial charge in [-0.2, -0.15) is 12.6 Å². The number of anilines is 1. The number of aliphatic imine (C=N–C) groups is 1. The predicted octanol–water partition coefficient (Wildman–Crippen LogP) is 3.69. The highest BCUT2D eigenvalue weighted by Crippen LogP contribution is 2.25. The van der Waals surface area contributed by atoms with Crippen LogP contribution in [0.15, 0.2) is 46.5 Å². The zero-order valence-corrected chi connectivity index (χ0v) is 16.6. The predicted molar refractivity (Wildman–Crippen MR) is 110 cm³/mol. The van der Waals surface area contributed by atoms with Gasteiger partial charge in [-0.25, -0.2) is 4.99 Å². The van der Waals surface area contributed by atoms with Crippen LogP contribution in [0.5, 0.6) is 0 Å². The van der Waals surface area contributed by atoms with Gasteiger partial charge in [0, 0.05) is 25.0 Å². The zero-order chi connectivity index (χ0) is 18.9. The number of carbonyl (C=O) groups excluding carboxylic acids is 1. The van der Waals surface area contributed by atoms with Crippen LogP contribution in [0, 0.1) is 6.92 Å². The molecule has 0 unspecified atom stereocenters. The van der Waals surface area contributed by atoms with Gasteiger partial charge in [0.2, 0.25) is 0 Å². The minimum Gasteiger partial charge on any atom is -0.372 e. The molecule has 1 aromatic rings. The molecule has 1 aromatic carbocycles. The summed E-state index contributed by atoms with van der Waals surface area (Å²) in [6.45, 7) is 4.21. The summed E-state index contributed by atoms with van der Waals surface area (Å²) in [6, 6.07) is 6.03. The molecule has 0 aliphatic heterocycles. The number of nitrogens with zero attached hydrogens (tertiary/aromatic N) is 2. The Bertz CT molecular complexity index is 731. The number of likely N-dealkylation sites (N-methyl/N-ethyl adjacent to an activating group) is 1. The highest BCUT2D eigenvalue weighted by atomic mass is 35.5. The summed E-state index contributed by atoms with van der Waals surface area (Å²) >= 11 is 9.94. The Morgan fingerprint density at radius 2 is 2.00 bits per heavy atom. The van der Waals surface area contributed by atoms with Crippen LogP contribution >= 0.6 is 24.2 Å². The van der Waals surface area contributed by atoms with Gasteiger partial charge in [0.05, 0.1) is 29.6 Å². The van der Waals surface area contributed by atoms with Gasteiger partial charge in [-0.3, -0.25) is 4.79 Å². The fourth-order valence-electron chi connectivity index (χ4n) is 2.27.